The molecule has 1 atom stereocenters. The lowest BCUT2D eigenvalue weighted by Gasteiger charge is -2.32. The Kier molecular flexibility index (Phi) is 3.52. The summed E-state index contributed by atoms with van der Waals surface area (Å²) in [6.45, 7) is 7.02. The molecular weight excluding hydrogens is 278 g/mol. The normalized spacial score (nSPS) is 13.4. The Hall–Kier alpha value is -2.50. The molecule has 0 N–H and O–H groups in total. The summed E-state index contributed by atoms with van der Waals surface area (Å²) in [7, 11) is 0. The minimum absolute atomic E-state index is 0.0358. The monoisotopic (exact) mass is 297 g/mol. The molecule has 3 heterocycles. The number of imidazole rings is 1. The van der Waals surface area contributed by atoms with Gasteiger partial charge in [0.25, 0.3) is 5.56 Å². The molecule has 0 aromatic carbocycles. The summed E-state index contributed by atoms with van der Waals surface area (Å²) < 4.78 is 3.69. The van der Waals surface area contributed by atoms with E-state index in [1.807, 2.05) is 10.8 Å². The Labute approximate surface area is 128 Å². The van der Waals surface area contributed by atoms with Gasteiger partial charge in [0, 0.05) is 25.1 Å². The number of hydrogen-bond acceptors (Lipinski definition) is 4. The van der Waals surface area contributed by atoms with Gasteiger partial charge in [-0.05, 0) is 17.5 Å². The van der Waals surface area contributed by atoms with E-state index in [4.69, 9.17) is 0 Å². The van der Waals surface area contributed by atoms with Crippen LogP contribution in [-0.4, -0.2) is 24.1 Å². The molecule has 0 saturated heterocycles. The number of rotatable bonds is 3. The van der Waals surface area contributed by atoms with Crippen LogP contribution in [0.4, 0.5) is 0 Å². The highest BCUT2D eigenvalue weighted by molar-refractivity contribution is 5.72. The summed E-state index contributed by atoms with van der Waals surface area (Å²) >= 11 is 0. The van der Waals surface area contributed by atoms with Crippen molar-refractivity contribution in [3.8, 4) is 0 Å². The second-order valence-electron chi connectivity index (χ2n) is 6.47. The summed E-state index contributed by atoms with van der Waals surface area (Å²) in [6, 6.07) is 3.49. The van der Waals surface area contributed by atoms with Gasteiger partial charge in [0.05, 0.1) is 17.8 Å². The molecule has 6 heteroatoms. The van der Waals surface area contributed by atoms with Gasteiger partial charge in [0.15, 0.2) is 5.65 Å². The fraction of sp³-hybridized carbons (Fsp3) is 0.375. The van der Waals surface area contributed by atoms with E-state index in [9.17, 15) is 4.79 Å². The first kappa shape index (κ1) is 14.4. The molecule has 0 radical (unpaired) electrons. The molecule has 1 unspecified atom stereocenters. The number of aromatic nitrogens is 5. The average molecular weight is 297 g/mol. The Morgan fingerprint density at radius 1 is 1.18 bits per heavy atom. The van der Waals surface area contributed by atoms with Crippen LogP contribution in [0, 0.1) is 5.41 Å². The van der Waals surface area contributed by atoms with Crippen molar-refractivity contribution in [1.29, 1.82) is 0 Å². The second kappa shape index (κ2) is 5.36. The lowest BCUT2D eigenvalue weighted by molar-refractivity contribution is 0.210. The van der Waals surface area contributed by atoms with Gasteiger partial charge in [0.1, 0.15) is 6.33 Å². The predicted octanol–water partition coefficient (Wildman–Crippen LogP) is 2.28. The second-order valence-corrected chi connectivity index (χ2v) is 6.47. The van der Waals surface area contributed by atoms with Gasteiger partial charge in [0.2, 0.25) is 0 Å². The number of hydrogen-bond donors (Lipinski definition) is 0. The topological polar surface area (TPSA) is 65.6 Å². The van der Waals surface area contributed by atoms with Crippen LogP contribution >= 0.6 is 0 Å². The van der Waals surface area contributed by atoms with Crippen LogP contribution in [0.25, 0.3) is 11.0 Å². The molecule has 3 aromatic heterocycles. The van der Waals surface area contributed by atoms with Crippen LogP contribution in [0.15, 0.2) is 48.2 Å². The fourth-order valence-electron chi connectivity index (χ4n) is 2.57. The van der Waals surface area contributed by atoms with Gasteiger partial charge in [-0.15, -0.1) is 0 Å². The van der Waals surface area contributed by atoms with Crippen molar-refractivity contribution in [3.05, 3.63) is 53.7 Å². The van der Waals surface area contributed by atoms with Crippen molar-refractivity contribution in [3.63, 3.8) is 0 Å². The van der Waals surface area contributed by atoms with E-state index in [2.05, 4.69) is 35.7 Å². The summed E-state index contributed by atoms with van der Waals surface area (Å²) in [5.74, 6) is 0. The Bertz CT molecular complexity index is 830. The van der Waals surface area contributed by atoms with E-state index in [0.29, 0.717) is 17.6 Å². The zero-order valence-corrected chi connectivity index (χ0v) is 13.0. The molecule has 0 aliphatic rings. The first-order chi connectivity index (χ1) is 10.5. The van der Waals surface area contributed by atoms with Crippen molar-refractivity contribution < 1.29 is 0 Å². The largest absolute Gasteiger partial charge is 0.335 e. The van der Waals surface area contributed by atoms with E-state index in [1.165, 1.54) is 0 Å². The number of pyridine rings is 1. The SMILES string of the molecule is CC(C)(C)C(Cn1ccnc1)n1cnc2ncccc2c1=O. The Balaban J connectivity index is 2.12. The highest BCUT2D eigenvalue weighted by Crippen LogP contribution is 2.31. The molecule has 3 rings (SSSR count). The molecule has 6 nitrogen and oxygen atoms in total. The van der Waals surface area contributed by atoms with Crippen LogP contribution in [-0.2, 0) is 6.54 Å². The summed E-state index contributed by atoms with van der Waals surface area (Å²) in [5, 5.41) is 0.546. The van der Waals surface area contributed by atoms with Crippen molar-refractivity contribution >= 4 is 11.0 Å². The van der Waals surface area contributed by atoms with Gasteiger partial charge in [-0.2, -0.15) is 0 Å². The minimum Gasteiger partial charge on any atom is -0.335 e. The van der Waals surface area contributed by atoms with Crippen LogP contribution in [0.2, 0.25) is 0 Å². The van der Waals surface area contributed by atoms with Crippen LogP contribution in [0.5, 0.6) is 0 Å². The van der Waals surface area contributed by atoms with Crippen molar-refractivity contribution in [2.75, 3.05) is 0 Å². The average Bonchev–Trinajstić information content (AvgIpc) is 2.98. The molecule has 0 spiro atoms. The van der Waals surface area contributed by atoms with Crippen LogP contribution in [0.1, 0.15) is 26.8 Å². The highest BCUT2D eigenvalue weighted by Gasteiger charge is 2.28. The van der Waals surface area contributed by atoms with Gasteiger partial charge in [-0.1, -0.05) is 20.8 Å². The van der Waals surface area contributed by atoms with Gasteiger partial charge < -0.3 is 4.57 Å². The zero-order chi connectivity index (χ0) is 15.7. The molecular formula is C16H19N5O. The molecule has 0 aliphatic carbocycles. The summed E-state index contributed by atoms with van der Waals surface area (Å²) in [4.78, 5) is 25.3. The lowest BCUT2D eigenvalue weighted by Crippen LogP contribution is -2.35. The predicted molar refractivity (Wildman–Crippen MR) is 84.5 cm³/mol. The molecule has 22 heavy (non-hydrogen) atoms. The minimum atomic E-state index is -0.105. The Morgan fingerprint density at radius 2 is 2.00 bits per heavy atom. The maximum Gasteiger partial charge on any atom is 0.263 e. The fourth-order valence-corrected chi connectivity index (χ4v) is 2.57. The van der Waals surface area contributed by atoms with E-state index in [0.717, 1.165) is 0 Å². The molecule has 0 bridgehead atoms. The van der Waals surface area contributed by atoms with E-state index >= 15 is 0 Å². The third-order valence-corrected chi connectivity index (χ3v) is 3.83. The van der Waals surface area contributed by atoms with Crippen molar-refractivity contribution in [1.82, 2.24) is 24.1 Å². The molecule has 114 valence electrons. The maximum atomic E-state index is 12.8. The number of fused-ring (bicyclic) bond motifs is 1. The smallest absolute Gasteiger partial charge is 0.263 e. The zero-order valence-electron chi connectivity index (χ0n) is 13.0. The van der Waals surface area contributed by atoms with Gasteiger partial charge >= 0.3 is 0 Å². The first-order valence-corrected chi connectivity index (χ1v) is 7.24. The van der Waals surface area contributed by atoms with Crippen molar-refractivity contribution in [2.45, 2.75) is 33.4 Å². The van der Waals surface area contributed by atoms with E-state index in [1.54, 1.807) is 41.7 Å². The van der Waals surface area contributed by atoms with E-state index < -0.39 is 0 Å². The molecule has 3 aromatic rings. The Morgan fingerprint density at radius 3 is 2.68 bits per heavy atom. The molecule has 0 amide bonds. The van der Waals surface area contributed by atoms with Crippen molar-refractivity contribution in [2.24, 2.45) is 5.41 Å². The first-order valence-electron chi connectivity index (χ1n) is 7.24. The molecule has 0 fully saturated rings. The maximum absolute atomic E-state index is 12.8. The van der Waals surface area contributed by atoms with Crippen LogP contribution in [0.3, 0.4) is 0 Å². The highest BCUT2D eigenvalue weighted by atomic mass is 16.1. The molecule has 0 saturated carbocycles. The molecule has 0 aliphatic heterocycles. The number of nitrogens with zero attached hydrogens (tertiary/aromatic N) is 5. The quantitative estimate of drug-likeness (QED) is 0.744. The third kappa shape index (κ3) is 2.64. The van der Waals surface area contributed by atoms with Gasteiger partial charge in [-0.3, -0.25) is 9.36 Å². The third-order valence-electron chi connectivity index (χ3n) is 3.83. The lowest BCUT2D eigenvalue weighted by atomic mass is 9.86. The van der Waals surface area contributed by atoms with Gasteiger partial charge in [-0.25, -0.2) is 15.0 Å². The summed E-state index contributed by atoms with van der Waals surface area (Å²) in [5.41, 5.74) is 0.322. The standard InChI is InChI=1S/C16H19N5O/c1-16(2,3)13(9-20-8-7-17-10-20)21-11-19-14-12(15(21)22)5-4-6-18-14/h4-8,10-11,13H,9H2,1-3H3. The summed E-state index contributed by atoms with van der Waals surface area (Å²) in [6.07, 6.45) is 8.65. The van der Waals surface area contributed by atoms with E-state index in [-0.39, 0.29) is 17.0 Å². The van der Waals surface area contributed by atoms with Crippen LogP contribution < -0.4 is 5.56 Å².